The third-order valence-corrected chi connectivity index (χ3v) is 2.85. The van der Waals surface area contributed by atoms with Gasteiger partial charge in [-0.3, -0.25) is 4.79 Å². The van der Waals surface area contributed by atoms with E-state index in [0.717, 1.165) is 5.56 Å². The van der Waals surface area contributed by atoms with Gasteiger partial charge in [0.1, 0.15) is 0 Å². The van der Waals surface area contributed by atoms with Gasteiger partial charge >= 0.3 is 0 Å². The maximum atomic E-state index is 11.9. The first-order valence-electron chi connectivity index (χ1n) is 7.02. The number of benzene rings is 1. The van der Waals surface area contributed by atoms with Crippen LogP contribution in [0.2, 0.25) is 0 Å². The molecule has 1 atom stereocenters. The standard InChI is InChI=1S/C15H24N2O4/c1-4-20-13-7-5-6-12(10-16)14(13)21-11(2)15(18)17-8-9-19-3/h5-7,11H,4,8-10,16H2,1-3H3,(H,17,18). The van der Waals surface area contributed by atoms with Crippen molar-refractivity contribution in [3.8, 4) is 11.5 Å². The lowest BCUT2D eigenvalue weighted by Crippen LogP contribution is -2.38. The van der Waals surface area contributed by atoms with Crippen LogP contribution in [-0.4, -0.2) is 38.9 Å². The van der Waals surface area contributed by atoms with Crippen LogP contribution in [0.4, 0.5) is 0 Å². The summed E-state index contributed by atoms with van der Waals surface area (Å²) in [6.07, 6.45) is -0.645. The smallest absolute Gasteiger partial charge is 0.260 e. The molecule has 0 bridgehead atoms. The van der Waals surface area contributed by atoms with Gasteiger partial charge in [0.15, 0.2) is 17.6 Å². The molecule has 1 unspecified atom stereocenters. The normalized spacial score (nSPS) is 11.8. The summed E-state index contributed by atoms with van der Waals surface area (Å²) in [7, 11) is 1.58. The molecule has 0 saturated heterocycles. The zero-order valence-corrected chi connectivity index (χ0v) is 12.8. The molecule has 1 aromatic rings. The van der Waals surface area contributed by atoms with Gasteiger partial charge in [-0.2, -0.15) is 0 Å². The Kier molecular flexibility index (Phi) is 7.56. The summed E-state index contributed by atoms with van der Waals surface area (Å²) in [5, 5.41) is 2.73. The first kappa shape index (κ1) is 17.3. The summed E-state index contributed by atoms with van der Waals surface area (Å²) in [5.41, 5.74) is 6.52. The number of para-hydroxylation sites is 1. The predicted octanol–water partition coefficient (Wildman–Crippen LogP) is 1.07. The Morgan fingerprint density at radius 2 is 2.19 bits per heavy atom. The second-order valence-corrected chi connectivity index (χ2v) is 4.43. The van der Waals surface area contributed by atoms with Crippen LogP contribution in [0.25, 0.3) is 0 Å². The number of nitrogens with two attached hydrogens (primary N) is 1. The van der Waals surface area contributed by atoms with E-state index in [2.05, 4.69) is 5.32 Å². The van der Waals surface area contributed by atoms with Crippen LogP contribution in [0.1, 0.15) is 19.4 Å². The molecule has 21 heavy (non-hydrogen) atoms. The summed E-state index contributed by atoms with van der Waals surface area (Å²) in [6.45, 7) is 5.31. The van der Waals surface area contributed by atoms with Crippen molar-refractivity contribution in [1.29, 1.82) is 0 Å². The molecule has 0 spiro atoms. The quantitative estimate of drug-likeness (QED) is 0.666. The molecule has 0 saturated carbocycles. The van der Waals surface area contributed by atoms with Gasteiger partial charge in [-0.05, 0) is 19.9 Å². The zero-order chi connectivity index (χ0) is 15.7. The fourth-order valence-corrected chi connectivity index (χ4v) is 1.78. The van der Waals surface area contributed by atoms with Gasteiger partial charge in [0.2, 0.25) is 0 Å². The average Bonchev–Trinajstić information content (AvgIpc) is 2.49. The molecule has 118 valence electrons. The minimum Gasteiger partial charge on any atom is -0.490 e. The van der Waals surface area contributed by atoms with Crippen LogP contribution in [0.5, 0.6) is 11.5 Å². The van der Waals surface area contributed by atoms with Crippen LogP contribution in [0.3, 0.4) is 0 Å². The monoisotopic (exact) mass is 296 g/mol. The van der Waals surface area contributed by atoms with Crippen molar-refractivity contribution in [3.05, 3.63) is 23.8 Å². The molecule has 0 radical (unpaired) electrons. The van der Waals surface area contributed by atoms with Crippen LogP contribution >= 0.6 is 0 Å². The highest BCUT2D eigenvalue weighted by molar-refractivity contribution is 5.80. The Morgan fingerprint density at radius 3 is 2.81 bits per heavy atom. The second kappa shape index (κ2) is 9.20. The number of nitrogens with one attached hydrogen (secondary N) is 1. The predicted molar refractivity (Wildman–Crippen MR) is 80.5 cm³/mol. The van der Waals surface area contributed by atoms with E-state index in [1.165, 1.54) is 0 Å². The van der Waals surface area contributed by atoms with Crippen molar-refractivity contribution in [2.24, 2.45) is 5.73 Å². The molecule has 6 heteroatoms. The van der Waals surface area contributed by atoms with Gasteiger partial charge < -0.3 is 25.3 Å². The molecule has 0 aliphatic heterocycles. The molecular weight excluding hydrogens is 272 g/mol. The van der Waals surface area contributed by atoms with Crippen LogP contribution < -0.4 is 20.5 Å². The fourth-order valence-electron chi connectivity index (χ4n) is 1.78. The molecular formula is C15H24N2O4. The average molecular weight is 296 g/mol. The minimum atomic E-state index is -0.645. The minimum absolute atomic E-state index is 0.207. The Balaban J connectivity index is 2.77. The summed E-state index contributed by atoms with van der Waals surface area (Å²) >= 11 is 0. The molecule has 1 rings (SSSR count). The molecule has 0 heterocycles. The molecule has 0 fully saturated rings. The lowest BCUT2D eigenvalue weighted by molar-refractivity contribution is -0.127. The maximum Gasteiger partial charge on any atom is 0.260 e. The molecule has 0 aliphatic rings. The first-order valence-corrected chi connectivity index (χ1v) is 7.02. The van der Waals surface area contributed by atoms with Crippen molar-refractivity contribution in [1.82, 2.24) is 5.32 Å². The number of ether oxygens (including phenoxy) is 3. The van der Waals surface area contributed by atoms with Gasteiger partial charge in [-0.25, -0.2) is 0 Å². The van der Waals surface area contributed by atoms with E-state index in [-0.39, 0.29) is 5.91 Å². The van der Waals surface area contributed by atoms with Crippen LogP contribution in [0.15, 0.2) is 18.2 Å². The van der Waals surface area contributed by atoms with Crippen LogP contribution in [0, 0.1) is 0 Å². The van der Waals surface area contributed by atoms with Gasteiger partial charge in [-0.1, -0.05) is 12.1 Å². The van der Waals surface area contributed by atoms with Crippen molar-refractivity contribution >= 4 is 5.91 Å². The highest BCUT2D eigenvalue weighted by atomic mass is 16.5. The number of hydrogen-bond donors (Lipinski definition) is 2. The number of amides is 1. The largest absolute Gasteiger partial charge is 0.490 e. The summed E-state index contributed by atoms with van der Waals surface area (Å²) in [5.74, 6) is 0.912. The first-order chi connectivity index (χ1) is 10.1. The lowest BCUT2D eigenvalue weighted by atomic mass is 10.2. The van der Waals surface area contributed by atoms with Gasteiger partial charge in [-0.15, -0.1) is 0 Å². The Labute approximate surface area is 125 Å². The molecule has 0 aliphatic carbocycles. The molecule has 6 nitrogen and oxygen atoms in total. The maximum absolute atomic E-state index is 11.9. The van der Waals surface area contributed by atoms with E-state index in [9.17, 15) is 4.79 Å². The van der Waals surface area contributed by atoms with E-state index in [1.807, 2.05) is 19.1 Å². The van der Waals surface area contributed by atoms with E-state index < -0.39 is 6.10 Å². The van der Waals surface area contributed by atoms with E-state index >= 15 is 0 Å². The van der Waals surface area contributed by atoms with E-state index in [0.29, 0.717) is 37.8 Å². The highest BCUT2D eigenvalue weighted by Crippen LogP contribution is 2.32. The zero-order valence-electron chi connectivity index (χ0n) is 12.8. The van der Waals surface area contributed by atoms with Gasteiger partial charge in [0.05, 0.1) is 13.2 Å². The summed E-state index contributed by atoms with van der Waals surface area (Å²) in [4.78, 5) is 11.9. The molecule has 0 aromatic heterocycles. The lowest BCUT2D eigenvalue weighted by Gasteiger charge is -2.19. The molecule has 1 amide bonds. The third-order valence-electron chi connectivity index (χ3n) is 2.85. The SMILES string of the molecule is CCOc1cccc(CN)c1OC(C)C(=O)NCCOC. The van der Waals surface area contributed by atoms with E-state index in [4.69, 9.17) is 19.9 Å². The molecule has 3 N–H and O–H groups in total. The van der Waals surface area contributed by atoms with Crippen molar-refractivity contribution in [2.45, 2.75) is 26.5 Å². The van der Waals surface area contributed by atoms with Gasteiger partial charge in [0, 0.05) is 25.8 Å². The number of methoxy groups -OCH3 is 1. The molecule has 1 aromatic carbocycles. The van der Waals surface area contributed by atoms with Crippen LogP contribution in [-0.2, 0) is 16.1 Å². The fraction of sp³-hybridized carbons (Fsp3) is 0.533. The van der Waals surface area contributed by atoms with Crippen molar-refractivity contribution in [2.75, 3.05) is 26.9 Å². The van der Waals surface area contributed by atoms with Crippen molar-refractivity contribution < 1.29 is 19.0 Å². The summed E-state index contributed by atoms with van der Waals surface area (Å²) in [6, 6.07) is 5.50. The van der Waals surface area contributed by atoms with Crippen molar-refractivity contribution in [3.63, 3.8) is 0 Å². The van der Waals surface area contributed by atoms with Gasteiger partial charge in [0.25, 0.3) is 5.91 Å². The summed E-state index contributed by atoms with van der Waals surface area (Å²) < 4.78 is 16.2. The third kappa shape index (κ3) is 5.24. The number of rotatable bonds is 9. The Hall–Kier alpha value is -1.79. The Morgan fingerprint density at radius 1 is 1.43 bits per heavy atom. The highest BCUT2D eigenvalue weighted by Gasteiger charge is 2.18. The number of carbonyl (C=O) groups excluding carboxylic acids is 1. The topological polar surface area (TPSA) is 82.8 Å². The van der Waals surface area contributed by atoms with E-state index in [1.54, 1.807) is 20.1 Å². The second-order valence-electron chi connectivity index (χ2n) is 4.43. The Bertz CT molecular complexity index is 451. The number of hydrogen-bond acceptors (Lipinski definition) is 5. The number of carbonyl (C=O) groups is 1.